The summed E-state index contributed by atoms with van der Waals surface area (Å²) in [5.41, 5.74) is 0.590. The van der Waals surface area contributed by atoms with Gasteiger partial charge in [0.1, 0.15) is 5.82 Å². The van der Waals surface area contributed by atoms with Crippen molar-refractivity contribution in [2.75, 3.05) is 0 Å². The van der Waals surface area contributed by atoms with Gasteiger partial charge in [-0.15, -0.1) is 0 Å². The van der Waals surface area contributed by atoms with Crippen LogP contribution in [0.25, 0.3) is 0 Å². The van der Waals surface area contributed by atoms with E-state index in [0.717, 1.165) is 30.2 Å². The van der Waals surface area contributed by atoms with Crippen LogP contribution in [0.4, 0.5) is 4.39 Å². The molecule has 1 nitrogen and oxygen atoms in total. The average molecular weight is 324 g/mol. The highest BCUT2D eigenvalue weighted by Gasteiger charge is 2.39. The summed E-state index contributed by atoms with van der Waals surface area (Å²) >= 11 is 3.26. The monoisotopic (exact) mass is 323 g/mol. The zero-order valence-electron chi connectivity index (χ0n) is 11.5. The van der Waals surface area contributed by atoms with Crippen LogP contribution in [0, 0.1) is 28.0 Å². The molecule has 1 aliphatic rings. The van der Waals surface area contributed by atoms with Gasteiger partial charge in [-0.1, -0.05) is 35.8 Å². The first-order valence-electron chi connectivity index (χ1n) is 6.71. The van der Waals surface area contributed by atoms with Gasteiger partial charge in [0.05, 0.1) is 11.5 Å². The average Bonchev–Trinajstić information content (AvgIpc) is 2.36. The number of hydrogen-bond donors (Lipinski definition) is 0. The van der Waals surface area contributed by atoms with E-state index in [1.165, 1.54) is 6.07 Å². The molecule has 2 rings (SSSR count). The third-order valence-corrected chi connectivity index (χ3v) is 4.84. The highest BCUT2D eigenvalue weighted by molar-refractivity contribution is 9.10. The van der Waals surface area contributed by atoms with Gasteiger partial charge in [-0.05, 0) is 55.2 Å². The fraction of sp³-hybridized carbons (Fsp3) is 0.562. The number of nitrogens with zero attached hydrogens (tertiary/aromatic N) is 1. The van der Waals surface area contributed by atoms with Crippen LogP contribution in [0.5, 0.6) is 0 Å². The lowest BCUT2D eigenvalue weighted by Gasteiger charge is -2.39. The van der Waals surface area contributed by atoms with Crippen LogP contribution in [0.2, 0.25) is 0 Å². The lowest BCUT2D eigenvalue weighted by Crippen LogP contribution is -2.32. The SMILES string of the molecule is CC1(C)CCC(C#N)(Cc2ccc(Br)cc2F)CC1. The molecule has 0 amide bonds. The molecule has 0 spiro atoms. The van der Waals surface area contributed by atoms with E-state index in [-0.39, 0.29) is 11.2 Å². The number of benzene rings is 1. The summed E-state index contributed by atoms with van der Waals surface area (Å²) in [6, 6.07) is 7.58. The van der Waals surface area contributed by atoms with Crippen molar-refractivity contribution in [3.05, 3.63) is 34.1 Å². The second-order valence-electron chi connectivity index (χ2n) is 6.47. The lowest BCUT2D eigenvalue weighted by molar-refractivity contribution is 0.145. The number of nitriles is 1. The van der Waals surface area contributed by atoms with E-state index in [9.17, 15) is 9.65 Å². The maximum Gasteiger partial charge on any atom is 0.127 e. The van der Waals surface area contributed by atoms with Crippen LogP contribution in [-0.2, 0) is 6.42 Å². The van der Waals surface area contributed by atoms with Crippen molar-refractivity contribution < 1.29 is 4.39 Å². The van der Waals surface area contributed by atoms with Gasteiger partial charge in [0, 0.05) is 4.47 Å². The molecule has 0 aliphatic heterocycles. The van der Waals surface area contributed by atoms with Crippen LogP contribution in [-0.4, -0.2) is 0 Å². The minimum Gasteiger partial charge on any atom is -0.207 e. The Hall–Kier alpha value is -0.880. The zero-order chi connectivity index (χ0) is 14.1. The molecule has 1 aliphatic carbocycles. The van der Waals surface area contributed by atoms with Crippen molar-refractivity contribution in [1.29, 1.82) is 5.26 Å². The maximum atomic E-state index is 13.9. The highest BCUT2D eigenvalue weighted by atomic mass is 79.9. The molecule has 0 saturated heterocycles. The summed E-state index contributed by atoms with van der Waals surface area (Å²) in [5.74, 6) is -0.214. The Labute approximate surface area is 123 Å². The first-order valence-corrected chi connectivity index (χ1v) is 7.50. The molecular weight excluding hydrogens is 305 g/mol. The number of halogens is 2. The van der Waals surface area contributed by atoms with Gasteiger partial charge in [0.25, 0.3) is 0 Å². The highest BCUT2D eigenvalue weighted by Crippen LogP contribution is 2.46. The Kier molecular flexibility index (Phi) is 4.01. The molecule has 0 aromatic heterocycles. The Morgan fingerprint density at radius 1 is 1.26 bits per heavy atom. The van der Waals surface area contributed by atoms with Crippen LogP contribution < -0.4 is 0 Å². The molecule has 3 heteroatoms. The molecule has 1 aromatic carbocycles. The van der Waals surface area contributed by atoms with Gasteiger partial charge >= 0.3 is 0 Å². The minimum atomic E-state index is -0.385. The molecular formula is C16H19BrFN. The van der Waals surface area contributed by atoms with Crippen molar-refractivity contribution in [3.8, 4) is 6.07 Å². The van der Waals surface area contributed by atoms with Crippen molar-refractivity contribution in [3.63, 3.8) is 0 Å². The summed E-state index contributed by atoms with van der Waals surface area (Å²) in [6.45, 7) is 4.49. The van der Waals surface area contributed by atoms with Gasteiger partial charge in [-0.25, -0.2) is 4.39 Å². The predicted octanol–water partition coefficient (Wildman–Crippen LogP) is 5.24. The van der Waals surface area contributed by atoms with Gasteiger partial charge in [-0.2, -0.15) is 5.26 Å². The van der Waals surface area contributed by atoms with E-state index in [1.54, 1.807) is 6.07 Å². The molecule has 1 saturated carbocycles. The fourth-order valence-corrected chi connectivity index (χ4v) is 3.10. The molecule has 0 unspecified atom stereocenters. The summed E-state index contributed by atoms with van der Waals surface area (Å²) in [5, 5.41) is 9.54. The van der Waals surface area contributed by atoms with E-state index < -0.39 is 0 Å². The van der Waals surface area contributed by atoms with Gasteiger partial charge in [-0.3, -0.25) is 0 Å². The summed E-state index contributed by atoms with van der Waals surface area (Å²) in [7, 11) is 0. The van der Waals surface area contributed by atoms with Crippen LogP contribution in [0.3, 0.4) is 0 Å². The molecule has 0 bridgehead atoms. The summed E-state index contributed by atoms with van der Waals surface area (Å²) < 4.78 is 14.7. The van der Waals surface area contributed by atoms with Gasteiger partial charge in [0.2, 0.25) is 0 Å². The smallest absolute Gasteiger partial charge is 0.127 e. The minimum absolute atomic E-state index is 0.214. The van der Waals surface area contributed by atoms with Crippen molar-refractivity contribution in [2.24, 2.45) is 10.8 Å². The van der Waals surface area contributed by atoms with Crippen LogP contribution in [0.1, 0.15) is 45.1 Å². The van der Waals surface area contributed by atoms with Crippen LogP contribution in [0.15, 0.2) is 22.7 Å². The van der Waals surface area contributed by atoms with E-state index in [0.29, 0.717) is 17.4 Å². The van der Waals surface area contributed by atoms with E-state index in [2.05, 4.69) is 35.8 Å². The largest absolute Gasteiger partial charge is 0.207 e. The molecule has 0 atom stereocenters. The Morgan fingerprint density at radius 3 is 2.42 bits per heavy atom. The van der Waals surface area contributed by atoms with Crippen molar-refractivity contribution in [1.82, 2.24) is 0 Å². The van der Waals surface area contributed by atoms with Gasteiger partial charge < -0.3 is 0 Å². The van der Waals surface area contributed by atoms with E-state index >= 15 is 0 Å². The first-order chi connectivity index (χ1) is 8.86. The molecule has 1 aromatic rings. The van der Waals surface area contributed by atoms with Crippen molar-refractivity contribution in [2.45, 2.75) is 46.0 Å². The molecule has 102 valence electrons. The van der Waals surface area contributed by atoms with E-state index in [4.69, 9.17) is 0 Å². The van der Waals surface area contributed by atoms with Gasteiger partial charge in [0.15, 0.2) is 0 Å². The zero-order valence-corrected chi connectivity index (χ0v) is 13.1. The molecule has 0 radical (unpaired) electrons. The third kappa shape index (κ3) is 3.36. The first kappa shape index (κ1) is 14.5. The quantitative estimate of drug-likeness (QED) is 0.730. The fourth-order valence-electron chi connectivity index (χ4n) is 2.76. The Balaban J connectivity index is 2.18. The second-order valence-corrected chi connectivity index (χ2v) is 7.38. The Bertz CT molecular complexity index is 506. The van der Waals surface area contributed by atoms with Crippen LogP contribution >= 0.6 is 15.9 Å². The molecule has 0 heterocycles. The molecule has 19 heavy (non-hydrogen) atoms. The predicted molar refractivity (Wildman–Crippen MR) is 78.1 cm³/mol. The lowest BCUT2D eigenvalue weighted by atomic mass is 9.64. The van der Waals surface area contributed by atoms with E-state index in [1.807, 2.05) is 6.07 Å². The standard InChI is InChI=1S/C16H19BrFN/c1-15(2)5-7-16(11-19,8-6-15)10-12-3-4-13(17)9-14(12)18/h3-4,9H,5-8,10H2,1-2H3. The number of rotatable bonds is 2. The topological polar surface area (TPSA) is 23.8 Å². The molecule has 1 fully saturated rings. The van der Waals surface area contributed by atoms with Crippen molar-refractivity contribution >= 4 is 15.9 Å². The number of hydrogen-bond acceptors (Lipinski definition) is 1. The maximum absolute atomic E-state index is 13.9. The normalized spacial score (nSPS) is 20.8. The molecule has 0 N–H and O–H groups in total. The second kappa shape index (κ2) is 5.25. The summed E-state index contributed by atoms with van der Waals surface area (Å²) in [6.07, 6.45) is 4.34. The third-order valence-electron chi connectivity index (χ3n) is 4.34. The Morgan fingerprint density at radius 2 is 1.89 bits per heavy atom. The summed E-state index contributed by atoms with van der Waals surface area (Å²) in [4.78, 5) is 0.